The Morgan fingerprint density at radius 1 is 1.20 bits per heavy atom. The van der Waals surface area contributed by atoms with Gasteiger partial charge in [-0.2, -0.15) is 0 Å². The highest BCUT2D eigenvalue weighted by atomic mass is 19.3. The van der Waals surface area contributed by atoms with Crippen molar-refractivity contribution in [2.75, 3.05) is 6.67 Å². The van der Waals surface area contributed by atoms with Gasteiger partial charge in [0.25, 0.3) is 0 Å². The van der Waals surface area contributed by atoms with Crippen molar-refractivity contribution in [3.8, 4) is 0 Å². The summed E-state index contributed by atoms with van der Waals surface area (Å²) < 4.78 is 35.4. The lowest BCUT2D eigenvalue weighted by atomic mass is 9.99. The summed E-state index contributed by atoms with van der Waals surface area (Å²) in [6.45, 7) is 2.71. The van der Waals surface area contributed by atoms with Crippen molar-refractivity contribution >= 4 is 0 Å². The molecule has 0 radical (unpaired) electrons. The molecule has 0 amide bonds. The smallest absolute Gasteiger partial charge is 0.243 e. The Balaban J connectivity index is 3.60. The monoisotopic (exact) mass is 154 g/mol. The first-order chi connectivity index (χ1) is 4.57. The van der Waals surface area contributed by atoms with E-state index in [0.717, 1.165) is 0 Å². The van der Waals surface area contributed by atoms with E-state index in [4.69, 9.17) is 0 Å². The average molecular weight is 154 g/mol. The third kappa shape index (κ3) is 3.75. The van der Waals surface area contributed by atoms with Crippen LogP contribution in [0.1, 0.15) is 20.3 Å². The number of hydrogen-bond donors (Lipinski definition) is 0. The van der Waals surface area contributed by atoms with Gasteiger partial charge in [0, 0.05) is 5.92 Å². The van der Waals surface area contributed by atoms with Crippen LogP contribution in [-0.2, 0) is 0 Å². The molecule has 3 heteroatoms. The third-order valence-electron chi connectivity index (χ3n) is 1.33. The fourth-order valence-corrected chi connectivity index (χ4v) is 0.839. The van der Waals surface area contributed by atoms with Gasteiger partial charge in [-0.25, -0.2) is 8.78 Å². The molecule has 0 spiro atoms. The Kier molecular flexibility index (Phi) is 4.49. The third-order valence-corrected chi connectivity index (χ3v) is 1.33. The normalized spacial score (nSPS) is 14.7. The van der Waals surface area contributed by atoms with E-state index in [0.29, 0.717) is 0 Å². The Hall–Kier alpha value is -0.210. The molecule has 0 N–H and O–H groups in total. The maximum atomic E-state index is 11.8. The zero-order valence-electron chi connectivity index (χ0n) is 6.28. The molecular weight excluding hydrogens is 141 g/mol. The molecule has 0 heterocycles. The van der Waals surface area contributed by atoms with Crippen molar-refractivity contribution in [2.24, 2.45) is 11.8 Å². The minimum Gasteiger partial charge on any atom is -0.251 e. The second-order valence-electron chi connectivity index (χ2n) is 2.88. The summed E-state index contributed by atoms with van der Waals surface area (Å²) >= 11 is 0. The van der Waals surface area contributed by atoms with Crippen LogP contribution in [0, 0.1) is 11.8 Å². The van der Waals surface area contributed by atoms with Crippen molar-refractivity contribution in [3.05, 3.63) is 0 Å². The lowest BCUT2D eigenvalue weighted by Crippen LogP contribution is -2.15. The molecule has 0 aromatic rings. The van der Waals surface area contributed by atoms with Crippen LogP contribution in [0.15, 0.2) is 0 Å². The molecule has 10 heavy (non-hydrogen) atoms. The fourth-order valence-electron chi connectivity index (χ4n) is 0.839. The summed E-state index contributed by atoms with van der Waals surface area (Å²) in [5, 5.41) is 0. The van der Waals surface area contributed by atoms with E-state index in [1.54, 1.807) is 0 Å². The van der Waals surface area contributed by atoms with Crippen LogP contribution >= 0.6 is 0 Å². The average Bonchev–Trinajstić information content (AvgIpc) is 1.81. The first-order valence-electron chi connectivity index (χ1n) is 3.42. The molecule has 0 rings (SSSR count). The van der Waals surface area contributed by atoms with E-state index in [2.05, 4.69) is 0 Å². The number of hydrogen-bond acceptors (Lipinski definition) is 0. The van der Waals surface area contributed by atoms with Crippen LogP contribution in [0.2, 0.25) is 0 Å². The molecule has 0 saturated heterocycles. The molecular formula is C7H13F3. The minimum atomic E-state index is -2.51. The van der Waals surface area contributed by atoms with Crippen LogP contribution in [-0.4, -0.2) is 13.1 Å². The second-order valence-corrected chi connectivity index (χ2v) is 2.88. The number of alkyl halides is 3. The summed E-state index contributed by atoms with van der Waals surface area (Å²) in [4.78, 5) is 0. The predicted molar refractivity (Wildman–Crippen MR) is 34.9 cm³/mol. The van der Waals surface area contributed by atoms with Crippen LogP contribution in [0.5, 0.6) is 0 Å². The highest BCUT2D eigenvalue weighted by molar-refractivity contribution is 4.61. The molecule has 0 fully saturated rings. The molecule has 0 aliphatic carbocycles. The topological polar surface area (TPSA) is 0 Å². The van der Waals surface area contributed by atoms with Gasteiger partial charge in [-0.15, -0.1) is 0 Å². The summed E-state index contributed by atoms with van der Waals surface area (Å²) in [6.07, 6.45) is -2.24. The van der Waals surface area contributed by atoms with E-state index in [-0.39, 0.29) is 12.3 Å². The minimum absolute atomic E-state index is 0.148. The van der Waals surface area contributed by atoms with Gasteiger partial charge < -0.3 is 0 Å². The van der Waals surface area contributed by atoms with Gasteiger partial charge in [-0.1, -0.05) is 13.8 Å². The van der Waals surface area contributed by atoms with Gasteiger partial charge >= 0.3 is 0 Å². The molecule has 1 unspecified atom stereocenters. The molecule has 0 aromatic carbocycles. The molecule has 0 nitrogen and oxygen atoms in total. The molecule has 0 aliphatic heterocycles. The zero-order valence-corrected chi connectivity index (χ0v) is 6.28. The first kappa shape index (κ1) is 9.79. The van der Waals surface area contributed by atoms with Crippen molar-refractivity contribution in [3.63, 3.8) is 0 Å². The molecule has 62 valence electrons. The Labute approximate surface area is 59.4 Å². The molecule has 1 atom stereocenters. The van der Waals surface area contributed by atoms with Gasteiger partial charge in [0.15, 0.2) is 0 Å². The summed E-state index contributed by atoms with van der Waals surface area (Å²) in [7, 11) is 0. The van der Waals surface area contributed by atoms with Crippen molar-refractivity contribution in [2.45, 2.75) is 26.7 Å². The van der Waals surface area contributed by atoms with Crippen LogP contribution in [0.25, 0.3) is 0 Å². The lowest BCUT2D eigenvalue weighted by molar-refractivity contribution is 0.0510. The highest BCUT2D eigenvalue weighted by Crippen LogP contribution is 2.19. The number of halogens is 3. The maximum absolute atomic E-state index is 11.8. The summed E-state index contributed by atoms with van der Waals surface area (Å²) in [6, 6.07) is 0. The van der Waals surface area contributed by atoms with Crippen molar-refractivity contribution in [1.29, 1.82) is 0 Å². The van der Waals surface area contributed by atoms with Gasteiger partial charge in [-0.05, 0) is 12.3 Å². The Morgan fingerprint density at radius 3 is 1.80 bits per heavy atom. The second kappa shape index (κ2) is 4.58. The predicted octanol–water partition coefficient (Wildman–Crippen LogP) is 2.88. The van der Waals surface area contributed by atoms with Gasteiger partial charge in [0.1, 0.15) is 0 Å². The van der Waals surface area contributed by atoms with E-state index in [1.807, 2.05) is 13.8 Å². The largest absolute Gasteiger partial charge is 0.251 e. The first-order valence-corrected chi connectivity index (χ1v) is 3.42. The SMILES string of the molecule is CC(C)CC(CF)C(F)F. The fraction of sp³-hybridized carbons (Fsp3) is 1.00. The van der Waals surface area contributed by atoms with Crippen LogP contribution < -0.4 is 0 Å². The van der Waals surface area contributed by atoms with E-state index in [1.165, 1.54) is 0 Å². The van der Waals surface area contributed by atoms with Crippen molar-refractivity contribution < 1.29 is 13.2 Å². The van der Waals surface area contributed by atoms with Crippen LogP contribution in [0.3, 0.4) is 0 Å². The zero-order chi connectivity index (χ0) is 8.15. The van der Waals surface area contributed by atoms with Crippen LogP contribution in [0.4, 0.5) is 13.2 Å². The van der Waals surface area contributed by atoms with E-state index >= 15 is 0 Å². The summed E-state index contributed by atoms with van der Waals surface area (Å²) in [5.41, 5.74) is 0. The molecule has 0 saturated carbocycles. The van der Waals surface area contributed by atoms with E-state index < -0.39 is 19.0 Å². The van der Waals surface area contributed by atoms with Crippen molar-refractivity contribution in [1.82, 2.24) is 0 Å². The Bertz CT molecular complexity index is 80.9. The molecule has 0 aliphatic rings. The molecule has 0 bridgehead atoms. The quantitative estimate of drug-likeness (QED) is 0.584. The van der Waals surface area contributed by atoms with E-state index in [9.17, 15) is 13.2 Å². The van der Waals surface area contributed by atoms with Gasteiger partial charge in [-0.3, -0.25) is 4.39 Å². The Morgan fingerprint density at radius 2 is 1.70 bits per heavy atom. The standard InChI is InChI=1S/C7H13F3/c1-5(2)3-6(4-8)7(9)10/h5-7H,3-4H2,1-2H3. The number of rotatable bonds is 4. The van der Waals surface area contributed by atoms with Gasteiger partial charge in [0.2, 0.25) is 6.43 Å². The summed E-state index contributed by atoms with van der Waals surface area (Å²) in [5.74, 6) is -0.908. The van der Waals surface area contributed by atoms with Gasteiger partial charge in [0.05, 0.1) is 6.67 Å². The lowest BCUT2D eigenvalue weighted by Gasteiger charge is -2.13. The maximum Gasteiger partial charge on any atom is 0.243 e. The molecule has 0 aromatic heterocycles. The highest BCUT2D eigenvalue weighted by Gasteiger charge is 2.20.